The van der Waals surface area contributed by atoms with Crippen LogP contribution in [0.1, 0.15) is 17.8 Å². The van der Waals surface area contributed by atoms with Gasteiger partial charge < -0.3 is 9.80 Å². The summed E-state index contributed by atoms with van der Waals surface area (Å²) in [7, 11) is 1.79. The highest BCUT2D eigenvalue weighted by atomic mass is 32.2. The van der Waals surface area contributed by atoms with Crippen molar-refractivity contribution < 1.29 is 9.59 Å². The lowest BCUT2D eigenvalue weighted by Crippen LogP contribution is -2.44. The van der Waals surface area contributed by atoms with Crippen molar-refractivity contribution in [3.63, 3.8) is 0 Å². The van der Waals surface area contributed by atoms with Gasteiger partial charge in [0, 0.05) is 16.8 Å². The highest BCUT2D eigenvalue weighted by Gasteiger charge is 2.28. The largest absolute Gasteiger partial charge is 0.337 e. The normalized spacial score (nSPS) is 15.2. The zero-order valence-electron chi connectivity index (χ0n) is 13.1. The Bertz CT molecular complexity index is 715. The molecule has 0 saturated carbocycles. The molecule has 0 aliphatic carbocycles. The van der Waals surface area contributed by atoms with E-state index in [4.69, 9.17) is 0 Å². The first-order valence-electron chi connectivity index (χ1n) is 7.39. The molecule has 1 atom stereocenters. The minimum atomic E-state index is -0.0547. The zero-order valence-corrected chi connectivity index (χ0v) is 14.7. The average molecular weight is 346 g/mol. The number of thioether (sulfide) groups is 1. The fourth-order valence-corrected chi connectivity index (χ4v) is 4.27. The Morgan fingerprint density at radius 1 is 1.30 bits per heavy atom. The smallest absolute Gasteiger partial charge is 0.242 e. The van der Waals surface area contributed by atoms with Gasteiger partial charge in [-0.15, -0.1) is 23.1 Å². The summed E-state index contributed by atoms with van der Waals surface area (Å²) < 4.78 is 0. The molecule has 0 spiro atoms. The van der Waals surface area contributed by atoms with Gasteiger partial charge in [0.05, 0.1) is 17.5 Å². The number of fused-ring (bicyclic) bond motifs is 1. The molecule has 1 aliphatic heterocycles. The number of carbonyl (C=O) groups is 2. The Labute approximate surface area is 144 Å². The summed E-state index contributed by atoms with van der Waals surface area (Å²) in [6.07, 6.45) is 0. The molecule has 1 aromatic carbocycles. The SMILES string of the molecule is C[C@H](c1cccs1)N(C)C(=O)CN1C(=O)CSc2ccccc21. The summed E-state index contributed by atoms with van der Waals surface area (Å²) in [5.41, 5.74) is 0.833. The van der Waals surface area contributed by atoms with Gasteiger partial charge in [0.2, 0.25) is 11.8 Å². The number of rotatable bonds is 4. The Balaban J connectivity index is 1.76. The average Bonchev–Trinajstić information content (AvgIpc) is 3.10. The van der Waals surface area contributed by atoms with Crippen LogP contribution in [0.2, 0.25) is 0 Å². The lowest BCUT2D eigenvalue weighted by Gasteiger charge is -2.31. The summed E-state index contributed by atoms with van der Waals surface area (Å²) in [4.78, 5) is 30.4. The lowest BCUT2D eigenvalue weighted by molar-refractivity contribution is -0.131. The second-order valence-corrected chi connectivity index (χ2v) is 7.43. The van der Waals surface area contributed by atoms with Crippen LogP contribution in [0.4, 0.5) is 5.69 Å². The highest BCUT2D eigenvalue weighted by Crippen LogP contribution is 2.35. The standard InChI is InChI=1S/C17H18N2O2S2/c1-12(14-8-5-9-22-14)18(2)16(20)10-19-13-6-3-4-7-15(13)23-11-17(19)21/h3-9,12H,10-11H2,1-2H3/t12-/m1/s1. The fraction of sp³-hybridized carbons (Fsp3) is 0.294. The summed E-state index contributed by atoms with van der Waals surface area (Å²) in [6, 6.07) is 11.7. The predicted molar refractivity (Wildman–Crippen MR) is 95.0 cm³/mol. The molecule has 6 heteroatoms. The van der Waals surface area contributed by atoms with E-state index in [-0.39, 0.29) is 24.4 Å². The highest BCUT2D eigenvalue weighted by molar-refractivity contribution is 8.00. The number of hydrogen-bond donors (Lipinski definition) is 0. The third-order valence-electron chi connectivity index (χ3n) is 4.03. The van der Waals surface area contributed by atoms with Crippen LogP contribution in [-0.2, 0) is 9.59 Å². The molecule has 0 radical (unpaired) electrons. The van der Waals surface area contributed by atoms with Crippen molar-refractivity contribution in [1.82, 2.24) is 4.90 Å². The molecule has 2 aromatic rings. The van der Waals surface area contributed by atoms with E-state index >= 15 is 0 Å². The predicted octanol–water partition coefficient (Wildman–Crippen LogP) is 3.41. The van der Waals surface area contributed by atoms with Gasteiger partial charge in [0.25, 0.3) is 0 Å². The molecular formula is C17H18N2O2S2. The molecule has 2 amide bonds. The number of benzene rings is 1. The number of amides is 2. The van der Waals surface area contributed by atoms with Crippen molar-refractivity contribution in [2.75, 3.05) is 24.2 Å². The zero-order chi connectivity index (χ0) is 16.4. The van der Waals surface area contributed by atoms with Crippen molar-refractivity contribution >= 4 is 40.6 Å². The van der Waals surface area contributed by atoms with E-state index in [1.54, 1.807) is 28.2 Å². The van der Waals surface area contributed by atoms with E-state index in [1.807, 2.05) is 48.7 Å². The van der Waals surface area contributed by atoms with E-state index in [2.05, 4.69) is 0 Å². The van der Waals surface area contributed by atoms with Crippen LogP contribution in [0.25, 0.3) is 0 Å². The Morgan fingerprint density at radius 2 is 2.09 bits per heavy atom. The molecule has 4 nitrogen and oxygen atoms in total. The van der Waals surface area contributed by atoms with Crippen molar-refractivity contribution in [1.29, 1.82) is 0 Å². The van der Waals surface area contributed by atoms with Crippen LogP contribution in [0, 0.1) is 0 Å². The van der Waals surface area contributed by atoms with Crippen molar-refractivity contribution in [3.05, 3.63) is 46.7 Å². The number of hydrogen-bond acceptors (Lipinski definition) is 4. The van der Waals surface area contributed by atoms with Crippen molar-refractivity contribution in [2.24, 2.45) is 0 Å². The van der Waals surface area contributed by atoms with E-state index in [1.165, 1.54) is 11.8 Å². The van der Waals surface area contributed by atoms with Crippen LogP contribution in [-0.4, -0.2) is 36.1 Å². The maximum absolute atomic E-state index is 12.6. The molecule has 23 heavy (non-hydrogen) atoms. The molecule has 3 rings (SSSR count). The number of nitrogens with zero attached hydrogens (tertiary/aromatic N) is 2. The molecule has 0 bridgehead atoms. The first-order chi connectivity index (χ1) is 11.1. The van der Waals surface area contributed by atoms with Crippen LogP contribution >= 0.6 is 23.1 Å². The molecule has 1 aliphatic rings. The minimum absolute atomic E-state index is 0.00649. The Kier molecular flexibility index (Phi) is 4.73. The van der Waals surface area contributed by atoms with Gasteiger partial charge in [0.15, 0.2) is 0 Å². The maximum atomic E-state index is 12.6. The molecule has 2 heterocycles. The molecule has 1 aromatic heterocycles. The summed E-state index contributed by atoms with van der Waals surface area (Å²) in [5, 5.41) is 2.01. The number of carbonyl (C=O) groups excluding carboxylic acids is 2. The van der Waals surface area contributed by atoms with Crippen LogP contribution in [0.3, 0.4) is 0 Å². The van der Waals surface area contributed by atoms with Gasteiger partial charge in [-0.25, -0.2) is 0 Å². The molecule has 0 saturated heterocycles. The summed E-state index contributed by atoms with van der Waals surface area (Å²) in [6.45, 7) is 2.09. The molecule has 0 unspecified atom stereocenters. The topological polar surface area (TPSA) is 40.6 Å². The second-order valence-electron chi connectivity index (χ2n) is 5.43. The monoisotopic (exact) mass is 346 g/mol. The maximum Gasteiger partial charge on any atom is 0.242 e. The first kappa shape index (κ1) is 16.1. The number of para-hydroxylation sites is 1. The van der Waals surface area contributed by atoms with E-state index < -0.39 is 0 Å². The van der Waals surface area contributed by atoms with Gasteiger partial charge in [-0.3, -0.25) is 9.59 Å². The lowest BCUT2D eigenvalue weighted by atomic mass is 10.2. The number of thiophene rings is 1. The van der Waals surface area contributed by atoms with Crippen LogP contribution < -0.4 is 4.90 Å². The van der Waals surface area contributed by atoms with Gasteiger partial charge >= 0.3 is 0 Å². The third-order valence-corrected chi connectivity index (χ3v) is 6.12. The molecule has 0 N–H and O–H groups in total. The third kappa shape index (κ3) is 3.28. The fourth-order valence-electron chi connectivity index (χ4n) is 2.51. The van der Waals surface area contributed by atoms with Gasteiger partial charge in [-0.2, -0.15) is 0 Å². The van der Waals surface area contributed by atoms with Gasteiger partial charge in [-0.1, -0.05) is 18.2 Å². The first-order valence-corrected chi connectivity index (χ1v) is 9.25. The van der Waals surface area contributed by atoms with E-state index in [0.29, 0.717) is 5.75 Å². The van der Waals surface area contributed by atoms with E-state index in [9.17, 15) is 9.59 Å². The van der Waals surface area contributed by atoms with Crippen molar-refractivity contribution in [2.45, 2.75) is 17.9 Å². The Hall–Kier alpha value is -1.79. The minimum Gasteiger partial charge on any atom is -0.337 e. The Morgan fingerprint density at radius 3 is 2.83 bits per heavy atom. The number of likely N-dealkylation sites (N-methyl/N-ethyl adjacent to an activating group) is 1. The van der Waals surface area contributed by atoms with Crippen molar-refractivity contribution in [3.8, 4) is 0 Å². The van der Waals surface area contributed by atoms with Gasteiger partial charge in [0.1, 0.15) is 6.54 Å². The molecule has 120 valence electrons. The second kappa shape index (κ2) is 6.76. The quantitative estimate of drug-likeness (QED) is 0.852. The van der Waals surface area contributed by atoms with Crippen LogP contribution in [0.5, 0.6) is 0 Å². The van der Waals surface area contributed by atoms with E-state index in [0.717, 1.165) is 15.5 Å². The molecular weight excluding hydrogens is 328 g/mol. The summed E-state index contributed by atoms with van der Waals surface area (Å²) in [5.74, 6) is 0.314. The number of anilines is 1. The summed E-state index contributed by atoms with van der Waals surface area (Å²) >= 11 is 3.16. The van der Waals surface area contributed by atoms with Crippen LogP contribution in [0.15, 0.2) is 46.7 Å². The molecule has 0 fully saturated rings. The van der Waals surface area contributed by atoms with Gasteiger partial charge in [-0.05, 0) is 30.5 Å².